The Labute approximate surface area is 226 Å². The van der Waals surface area contributed by atoms with Crippen molar-refractivity contribution in [3.63, 3.8) is 0 Å². The van der Waals surface area contributed by atoms with Gasteiger partial charge in [0.15, 0.2) is 24.1 Å². The van der Waals surface area contributed by atoms with Crippen LogP contribution in [-0.2, 0) is 52.5 Å². The second kappa shape index (κ2) is 16.4. The third kappa shape index (κ3) is 13.1. The minimum absolute atomic E-state index is 0.187. The molecule has 0 aliphatic heterocycles. The number of carbonyl (C=O) groups is 6. The molecular formula is C27H32O12. The zero-order chi connectivity index (χ0) is 29.5. The van der Waals surface area contributed by atoms with E-state index in [2.05, 4.69) is 5.92 Å². The van der Waals surface area contributed by atoms with Crippen LogP contribution in [0.3, 0.4) is 0 Å². The average Bonchev–Trinajstić information content (AvgIpc) is 2.84. The van der Waals surface area contributed by atoms with Gasteiger partial charge in [-0.25, -0.2) is 0 Å². The minimum Gasteiger partial charge on any atom is -0.486 e. The van der Waals surface area contributed by atoms with E-state index in [0.717, 1.165) is 34.6 Å². The molecule has 0 aliphatic rings. The van der Waals surface area contributed by atoms with Crippen LogP contribution in [0, 0.1) is 12.3 Å². The Hall–Kier alpha value is -4.40. The molecule has 0 saturated carbocycles. The highest BCUT2D eigenvalue weighted by Crippen LogP contribution is 2.23. The Morgan fingerprint density at radius 1 is 0.718 bits per heavy atom. The number of ketones is 1. The lowest BCUT2D eigenvalue weighted by molar-refractivity contribution is -0.203. The third-order valence-electron chi connectivity index (χ3n) is 4.87. The predicted molar refractivity (Wildman–Crippen MR) is 133 cm³/mol. The summed E-state index contributed by atoms with van der Waals surface area (Å²) in [5.41, 5.74) is 0.637. The average molecular weight is 549 g/mol. The van der Waals surface area contributed by atoms with E-state index in [4.69, 9.17) is 34.8 Å². The topological polar surface area (TPSA) is 158 Å². The number of benzene rings is 1. The number of esters is 5. The maximum Gasteiger partial charge on any atom is 0.303 e. The monoisotopic (exact) mass is 548 g/mol. The van der Waals surface area contributed by atoms with Gasteiger partial charge in [0.2, 0.25) is 0 Å². The second-order valence-corrected chi connectivity index (χ2v) is 8.28. The zero-order valence-electron chi connectivity index (χ0n) is 22.4. The van der Waals surface area contributed by atoms with Crippen molar-refractivity contribution in [1.29, 1.82) is 0 Å². The summed E-state index contributed by atoms with van der Waals surface area (Å²) in [4.78, 5) is 71.6. The first kappa shape index (κ1) is 32.6. The molecule has 1 aromatic carbocycles. The van der Waals surface area contributed by atoms with Crippen LogP contribution in [0.4, 0.5) is 0 Å². The van der Waals surface area contributed by atoms with Crippen molar-refractivity contribution in [3.05, 3.63) is 29.8 Å². The fraction of sp³-hybridized carbons (Fsp3) is 0.481. The van der Waals surface area contributed by atoms with Crippen molar-refractivity contribution in [3.8, 4) is 18.1 Å². The molecule has 0 N–H and O–H groups in total. The summed E-state index contributed by atoms with van der Waals surface area (Å²) < 4.78 is 31.6. The number of hydrogen-bond donors (Lipinski definition) is 0. The molecule has 0 spiro atoms. The SMILES string of the molecule is C#Cc1ccc(OCC(=O)CC[C@@H](OC(C)=O)[C@H](OC(C)=O)[C@@H](OC(C)=O)[C@H](COC(C)=O)OC(C)=O)cc1. The van der Waals surface area contributed by atoms with Crippen LogP contribution in [0.1, 0.15) is 53.0 Å². The molecule has 0 aromatic heterocycles. The highest BCUT2D eigenvalue weighted by atomic mass is 16.6. The van der Waals surface area contributed by atoms with Crippen LogP contribution >= 0.6 is 0 Å². The van der Waals surface area contributed by atoms with Gasteiger partial charge in [0, 0.05) is 46.6 Å². The van der Waals surface area contributed by atoms with E-state index in [1.54, 1.807) is 24.3 Å². The lowest BCUT2D eigenvalue weighted by Gasteiger charge is -2.35. The summed E-state index contributed by atoms with van der Waals surface area (Å²) in [6.45, 7) is 4.47. The lowest BCUT2D eigenvalue weighted by Crippen LogP contribution is -2.53. The summed E-state index contributed by atoms with van der Waals surface area (Å²) in [5, 5.41) is 0. The van der Waals surface area contributed by atoms with Crippen LogP contribution < -0.4 is 4.74 Å². The Morgan fingerprint density at radius 3 is 1.67 bits per heavy atom. The van der Waals surface area contributed by atoms with E-state index in [-0.39, 0.29) is 19.4 Å². The molecule has 0 bridgehead atoms. The molecule has 0 aliphatic carbocycles. The van der Waals surface area contributed by atoms with Crippen molar-refractivity contribution in [2.45, 2.75) is 71.9 Å². The highest BCUT2D eigenvalue weighted by molar-refractivity contribution is 5.80. The Balaban J connectivity index is 3.19. The molecule has 0 heterocycles. The van der Waals surface area contributed by atoms with E-state index in [9.17, 15) is 28.8 Å². The number of rotatable bonds is 15. The summed E-state index contributed by atoms with van der Waals surface area (Å²) in [6, 6.07) is 6.49. The number of terminal acetylenes is 1. The molecule has 12 nitrogen and oxygen atoms in total. The van der Waals surface area contributed by atoms with Crippen molar-refractivity contribution in [1.82, 2.24) is 0 Å². The summed E-state index contributed by atoms with van der Waals surface area (Å²) in [7, 11) is 0. The molecule has 0 unspecified atom stereocenters. The third-order valence-corrected chi connectivity index (χ3v) is 4.87. The summed E-state index contributed by atoms with van der Waals surface area (Å²) in [6.07, 6.45) is -0.957. The maximum absolute atomic E-state index is 12.6. The lowest BCUT2D eigenvalue weighted by atomic mass is 9.97. The van der Waals surface area contributed by atoms with Crippen molar-refractivity contribution in [2.24, 2.45) is 0 Å². The Kier molecular flexibility index (Phi) is 13.8. The van der Waals surface area contributed by atoms with Crippen molar-refractivity contribution in [2.75, 3.05) is 13.2 Å². The van der Waals surface area contributed by atoms with E-state index in [1.807, 2.05) is 0 Å². The van der Waals surface area contributed by atoms with Gasteiger partial charge in [-0.1, -0.05) is 5.92 Å². The van der Waals surface area contributed by atoms with E-state index < -0.39 is 66.7 Å². The molecule has 212 valence electrons. The van der Waals surface area contributed by atoms with E-state index in [1.165, 1.54) is 0 Å². The van der Waals surface area contributed by atoms with Gasteiger partial charge in [0.25, 0.3) is 0 Å². The molecule has 0 fully saturated rings. The zero-order valence-corrected chi connectivity index (χ0v) is 22.4. The molecule has 0 radical (unpaired) electrons. The fourth-order valence-electron chi connectivity index (χ4n) is 3.39. The molecule has 1 aromatic rings. The van der Waals surface area contributed by atoms with Crippen LogP contribution in [0.2, 0.25) is 0 Å². The van der Waals surface area contributed by atoms with Gasteiger partial charge in [-0.3, -0.25) is 28.8 Å². The second-order valence-electron chi connectivity index (χ2n) is 8.28. The molecular weight excluding hydrogens is 516 g/mol. The Bertz CT molecular complexity index is 1070. The number of Topliss-reactive ketones (excluding diaryl/α,β-unsaturated/α-hetero) is 1. The maximum atomic E-state index is 12.6. The molecule has 0 amide bonds. The fourth-order valence-corrected chi connectivity index (χ4v) is 3.39. The van der Waals surface area contributed by atoms with Crippen LogP contribution in [0.5, 0.6) is 5.75 Å². The van der Waals surface area contributed by atoms with Crippen LogP contribution in [-0.4, -0.2) is 73.3 Å². The molecule has 1 rings (SSSR count). The number of carbonyl (C=O) groups excluding carboxylic acids is 6. The normalized spacial score (nSPS) is 13.3. The van der Waals surface area contributed by atoms with Gasteiger partial charge < -0.3 is 28.4 Å². The summed E-state index contributed by atoms with van der Waals surface area (Å²) in [5.74, 6) is -1.59. The Morgan fingerprint density at radius 2 is 1.21 bits per heavy atom. The quantitative estimate of drug-likeness (QED) is 0.178. The van der Waals surface area contributed by atoms with Crippen LogP contribution in [0.25, 0.3) is 0 Å². The van der Waals surface area contributed by atoms with Gasteiger partial charge in [-0.2, -0.15) is 0 Å². The van der Waals surface area contributed by atoms with Crippen molar-refractivity contribution < 1.29 is 57.2 Å². The van der Waals surface area contributed by atoms with Gasteiger partial charge in [0.1, 0.15) is 25.1 Å². The predicted octanol–water partition coefficient (Wildman–Crippen LogP) is 1.69. The first-order valence-electron chi connectivity index (χ1n) is 11.9. The smallest absolute Gasteiger partial charge is 0.303 e. The molecule has 39 heavy (non-hydrogen) atoms. The largest absolute Gasteiger partial charge is 0.486 e. The van der Waals surface area contributed by atoms with Gasteiger partial charge in [0.05, 0.1) is 0 Å². The first-order valence-corrected chi connectivity index (χ1v) is 11.9. The molecule has 4 atom stereocenters. The van der Waals surface area contributed by atoms with Gasteiger partial charge in [-0.15, -0.1) is 6.42 Å². The molecule has 12 heteroatoms. The van der Waals surface area contributed by atoms with E-state index >= 15 is 0 Å². The first-order chi connectivity index (χ1) is 18.3. The number of ether oxygens (including phenoxy) is 6. The highest BCUT2D eigenvalue weighted by Gasteiger charge is 2.43. The number of hydrogen-bond acceptors (Lipinski definition) is 12. The summed E-state index contributed by atoms with van der Waals surface area (Å²) >= 11 is 0. The van der Waals surface area contributed by atoms with Gasteiger partial charge >= 0.3 is 29.8 Å². The van der Waals surface area contributed by atoms with Gasteiger partial charge in [-0.05, 0) is 30.7 Å². The standard InChI is InChI=1S/C27H32O12/c1-7-21-8-11-23(12-9-21)35-14-22(33)10-13-24(36-17(3)29)26(38-19(5)31)27(39-20(6)32)25(37-18(4)30)15-34-16(2)28/h1,8-9,11-12,24-27H,10,13-15H2,2-6H3/t24-,25+,26+,27+/m1/s1. The van der Waals surface area contributed by atoms with Crippen molar-refractivity contribution >= 4 is 35.6 Å². The van der Waals surface area contributed by atoms with Crippen LogP contribution in [0.15, 0.2) is 24.3 Å². The minimum atomic E-state index is -1.57. The molecule has 0 saturated heterocycles. The van der Waals surface area contributed by atoms with E-state index in [0.29, 0.717) is 11.3 Å².